The molecule has 0 bridgehead atoms. The lowest BCUT2D eigenvalue weighted by atomic mass is 10.3. The van der Waals surface area contributed by atoms with Crippen LogP contribution in [0.15, 0.2) is 24.3 Å². The molecule has 0 unspecified atom stereocenters. The van der Waals surface area contributed by atoms with E-state index in [0.717, 1.165) is 0 Å². The maximum atomic E-state index is 11.9. The third kappa shape index (κ3) is 4.58. The number of alkyl halides is 3. The van der Waals surface area contributed by atoms with E-state index >= 15 is 0 Å². The molecular formula is C10H12F3NO. The van der Waals surface area contributed by atoms with Crippen molar-refractivity contribution in [1.82, 2.24) is 0 Å². The van der Waals surface area contributed by atoms with E-state index < -0.39 is 12.7 Å². The van der Waals surface area contributed by atoms with Gasteiger partial charge in [-0.3, -0.25) is 0 Å². The van der Waals surface area contributed by atoms with Crippen molar-refractivity contribution in [2.75, 3.05) is 18.5 Å². The molecule has 0 saturated heterocycles. The van der Waals surface area contributed by atoms with Crippen LogP contribution in [0.2, 0.25) is 0 Å². The molecule has 0 heterocycles. The summed E-state index contributed by atoms with van der Waals surface area (Å²) >= 11 is 0. The minimum absolute atomic E-state index is 0.427. The van der Waals surface area contributed by atoms with Crippen LogP contribution in [-0.2, 0) is 0 Å². The molecule has 1 rings (SSSR count). The summed E-state index contributed by atoms with van der Waals surface area (Å²) < 4.78 is 40.7. The summed E-state index contributed by atoms with van der Waals surface area (Å²) in [7, 11) is 0. The van der Waals surface area contributed by atoms with Gasteiger partial charge in [-0.25, -0.2) is 0 Å². The average Bonchev–Trinajstić information content (AvgIpc) is 2.16. The van der Waals surface area contributed by atoms with Crippen molar-refractivity contribution in [1.29, 1.82) is 0 Å². The highest BCUT2D eigenvalue weighted by molar-refractivity contribution is 5.46. The van der Waals surface area contributed by atoms with Crippen molar-refractivity contribution in [3.63, 3.8) is 0 Å². The summed E-state index contributed by atoms with van der Waals surface area (Å²) in [5, 5.41) is 2.27. The van der Waals surface area contributed by atoms with E-state index in [1.807, 2.05) is 6.92 Å². The third-order valence-corrected chi connectivity index (χ3v) is 1.66. The van der Waals surface area contributed by atoms with E-state index in [-0.39, 0.29) is 0 Å². The molecule has 84 valence electrons. The van der Waals surface area contributed by atoms with Crippen molar-refractivity contribution < 1.29 is 17.9 Å². The summed E-state index contributed by atoms with van der Waals surface area (Å²) in [5.41, 5.74) is 0.427. The minimum atomic E-state index is -4.20. The molecule has 0 radical (unpaired) electrons. The van der Waals surface area contributed by atoms with Gasteiger partial charge < -0.3 is 10.1 Å². The molecule has 0 aliphatic heterocycles. The molecule has 0 amide bonds. The number of halogens is 3. The molecule has 5 heteroatoms. The largest absolute Gasteiger partial charge is 0.494 e. The molecule has 0 aliphatic carbocycles. The second-order valence-corrected chi connectivity index (χ2v) is 2.93. The fourth-order valence-electron chi connectivity index (χ4n) is 1.04. The van der Waals surface area contributed by atoms with Crippen LogP contribution in [0.25, 0.3) is 0 Å². The van der Waals surface area contributed by atoms with Crippen molar-refractivity contribution in [2.45, 2.75) is 13.1 Å². The van der Waals surface area contributed by atoms with Gasteiger partial charge in [-0.15, -0.1) is 0 Å². The van der Waals surface area contributed by atoms with Crippen molar-refractivity contribution in [3.8, 4) is 5.75 Å². The van der Waals surface area contributed by atoms with Crippen molar-refractivity contribution in [2.24, 2.45) is 0 Å². The number of hydrogen-bond donors (Lipinski definition) is 1. The first-order valence-electron chi connectivity index (χ1n) is 4.55. The fourth-order valence-corrected chi connectivity index (χ4v) is 1.04. The van der Waals surface area contributed by atoms with Crippen LogP contribution in [0.5, 0.6) is 5.75 Å². The Morgan fingerprint density at radius 2 is 1.80 bits per heavy atom. The Kier molecular flexibility index (Phi) is 3.82. The standard InChI is InChI=1S/C10H12F3NO/c1-2-15-9-5-3-8(4-6-9)14-7-10(11,12)13/h3-6,14H,2,7H2,1H3. The maximum absolute atomic E-state index is 11.9. The van der Waals surface area contributed by atoms with Gasteiger partial charge in [-0.2, -0.15) is 13.2 Å². The number of ether oxygens (including phenoxy) is 1. The van der Waals surface area contributed by atoms with Crippen LogP contribution >= 0.6 is 0 Å². The van der Waals surface area contributed by atoms with E-state index in [1.165, 1.54) is 0 Å². The number of anilines is 1. The Morgan fingerprint density at radius 1 is 1.20 bits per heavy atom. The van der Waals surface area contributed by atoms with Gasteiger partial charge in [0.15, 0.2) is 0 Å². The van der Waals surface area contributed by atoms with Crippen LogP contribution in [0, 0.1) is 0 Å². The number of nitrogens with one attached hydrogen (secondary N) is 1. The monoisotopic (exact) mass is 219 g/mol. The van der Waals surface area contributed by atoms with E-state index in [4.69, 9.17) is 4.74 Å². The number of rotatable bonds is 4. The lowest BCUT2D eigenvalue weighted by Gasteiger charge is -2.10. The molecule has 0 saturated carbocycles. The van der Waals surface area contributed by atoms with Crippen LogP contribution in [0.4, 0.5) is 18.9 Å². The minimum Gasteiger partial charge on any atom is -0.494 e. The van der Waals surface area contributed by atoms with Crippen molar-refractivity contribution in [3.05, 3.63) is 24.3 Å². The predicted molar refractivity (Wildman–Crippen MR) is 52.2 cm³/mol. The Bertz CT molecular complexity index is 295. The van der Waals surface area contributed by atoms with E-state index in [2.05, 4.69) is 5.32 Å². The van der Waals surface area contributed by atoms with Gasteiger partial charge in [-0.1, -0.05) is 0 Å². The first-order chi connectivity index (χ1) is 7.01. The molecule has 1 aromatic carbocycles. The Balaban J connectivity index is 2.50. The Hall–Kier alpha value is -1.39. The topological polar surface area (TPSA) is 21.3 Å². The molecule has 0 aliphatic rings. The zero-order valence-corrected chi connectivity index (χ0v) is 8.27. The van der Waals surface area contributed by atoms with Gasteiger partial charge >= 0.3 is 6.18 Å². The molecular weight excluding hydrogens is 207 g/mol. The number of benzene rings is 1. The Labute approximate surface area is 86.1 Å². The first-order valence-corrected chi connectivity index (χ1v) is 4.55. The van der Waals surface area contributed by atoms with E-state index in [9.17, 15) is 13.2 Å². The zero-order valence-electron chi connectivity index (χ0n) is 8.27. The highest BCUT2D eigenvalue weighted by Gasteiger charge is 2.26. The van der Waals surface area contributed by atoms with Crippen LogP contribution in [0.1, 0.15) is 6.92 Å². The van der Waals surface area contributed by atoms with Crippen LogP contribution in [0.3, 0.4) is 0 Å². The SMILES string of the molecule is CCOc1ccc(NCC(F)(F)F)cc1. The molecule has 0 fully saturated rings. The molecule has 0 aromatic heterocycles. The molecule has 15 heavy (non-hydrogen) atoms. The van der Waals surface area contributed by atoms with Gasteiger partial charge in [0.25, 0.3) is 0 Å². The normalized spacial score (nSPS) is 11.2. The Morgan fingerprint density at radius 3 is 2.27 bits per heavy atom. The van der Waals surface area contributed by atoms with Gasteiger partial charge in [-0.05, 0) is 31.2 Å². The summed E-state index contributed by atoms with van der Waals surface area (Å²) in [6.45, 7) is 1.35. The van der Waals surface area contributed by atoms with Gasteiger partial charge in [0.05, 0.1) is 6.61 Å². The lowest BCUT2D eigenvalue weighted by Crippen LogP contribution is -2.21. The van der Waals surface area contributed by atoms with E-state index in [0.29, 0.717) is 18.0 Å². The number of hydrogen-bond acceptors (Lipinski definition) is 2. The van der Waals surface area contributed by atoms with Crippen LogP contribution in [-0.4, -0.2) is 19.3 Å². The first kappa shape index (κ1) is 11.7. The van der Waals surface area contributed by atoms with Crippen molar-refractivity contribution >= 4 is 5.69 Å². The lowest BCUT2D eigenvalue weighted by molar-refractivity contribution is -0.115. The third-order valence-electron chi connectivity index (χ3n) is 1.66. The molecule has 0 atom stereocenters. The second kappa shape index (κ2) is 4.91. The zero-order chi connectivity index (χ0) is 11.3. The summed E-state index contributed by atoms with van der Waals surface area (Å²) in [4.78, 5) is 0. The van der Waals surface area contributed by atoms with Crippen LogP contribution < -0.4 is 10.1 Å². The van der Waals surface area contributed by atoms with E-state index in [1.54, 1.807) is 24.3 Å². The highest BCUT2D eigenvalue weighted by atomic mass is 19.4. The smallest absolute Gasteiger partial charge is 0.405 e. The van der Waals surface area contributed by atoms with Gasteiger partial charge in [0, 0.05) is 5.69 Å². The summed E-state index contributed by atoms with van der Waals surface area (Å²) in [6.07, 6.45) is -4.20. The van der Waals surface area contributed by atoms with Gasteiger partial charge in [0.1, 0.15) is 12.3 Å². The average molecular weight is 219 g/mol. The molecule has 0 spiro atoms. The summed E-state index contributed by atoms with van der Waals surface area (Å²) in [5.74, 6) is 0.648. The molecule has 1 N–H and O–H groups in total. The quantitative estimate of drug-likeness (QED) is 0.840. The highest BCUT2D eigenvalue weighted by Crippen LogP contribution is 2.19. The second-order valence-electron chi connectivity index (χ2n) is 2.93. The van der Waals surface area contributed by atoms with Gasteiger partial charge in [0.2, 0.25) is 0 Å². The molecule has 1 aromatic rings. The maximum Gasteiger partial charge on any atom is 0.405 e. The predicted octanol–water partition coefficient (Wildman–Crippen LogP) is 3.06. The molecule has 2 nitrogen and oxygen atoms in total. The summed E-state index contributed by atoms with van der Waals surface area (Å²) in [6, 6.07) is 6.36. The fraction of sp³-hybridized carbons (Fsp3) is 0.400.